The molecule has 0 fully saturated rings. The molecule has 0 atom stereocenters. The van der Waals surface area contributed by atoms with Gasteiger partial charge < -0.3 is 23.7 Å². The third kappa shape index (κ3) is 5.14. The van der Waals surface area contributed by atoms with Crippen molar-refractivity contribution in [1.29, 1.82) is 0 Å². The van der Waals surface area contributed by atoms with E-state index in [1.807, 2.05) is 12.1 Å². The normalized spacial score (nSPS) is 12.9. The van der Waals surface area contributed by atoms with Crippen molar-refractivity contribution in [1.82, 2.24) is 9.47 Å². The summed E-state index contributed by atoms with van der Waals surface area (Å²) in [6.07, 6.45) is 7.06. The second-order valence-electron chi connectivity index (χ2n) is 9.04. The number of ether oxygens (including phenoxy) is 3. The van der Waals surface area contributed by atoms with Gasteiger partial charge in [0.1, 0.15) is 17.2 Å². The zero-order chi connectivity index (χ0) is 23.2. The summed E-state index contributed by atoms with van der Waals surface area (Å²) >= 11 is 0. The molecule has 1 aromatic heterocycles. The van der Waals surface area contributed by atoms with E-state index in [2.05, 4.69) is 47.7 Å². The maximum Gasteiger partial charge on any atom is 0.132 e. The first-order valence-corrected chi connectivity index (χ1v) is 12.3. The van der Waals surface area contributed by atoms with E-state index in [4.69, 9.17) is 14.2 Å². The minimum atomic E-state index is 0.660. The molecule has 0 saturated carbocycles. The monoisotopic (exact) mass is 450 g/mol. The highest BCUT2D eigenvalue weighted by Gasteiger charge is 2.24. The van der Waals surface area contributed by atoms with Crippen LogP contribution in [0.3, 0.4) is 0 Å². The van der Waals surface area contributed by atoms with Crippen LogP contribution < -0.4 is 14.2 Å². The lowest BCUT2D eigenvalue weighted by Gasteiger charge is -2.17. The Hall–Kier alpha value is -2.66. The summed E-state index contributed by atoms with van der Waals surface area (Å²) in [7, 11) is 5.68. The summed E-state index contributed by atoms with van der Waals surface area (Å²) in [5, 5.41) is 1.27. The quantitative estimate of drug-likeness (QED) is 0.328. The zero-order valence-electron chi connectivity index (χ0n) is 20.7. The van der Waals surface area contributed by atoms with Gasteiger partial charge in [0, 0.05) is 35.5 Å². The van der Waals surface area contributed by atoms with Crippen LogP contribution in [-0.4, -0.2) is 50.4 Å². The van der Waals surface area contributed by atoms with E-state index < -0.39 is 0 Å². The molecule has 1 aliphatic heterocycles. The Morgan fingerprint density at radius 3 is 2.48 bits per heavy atom. The second kappa shape index (κ2) is 11.0. The molecular formula is C28H38N2O3. The summed E-state index contributed by atoms with van der Waals surface area (Å²) < 4.78 is 19.7. The number of unbranched alkanes of at least 4 members (excludes halogenated alkanes) is 3. The molecule has 2 aromatic carbocycles. The minimum Gasteiger partial charge on any atom is -0.497 e. The van der Waals surface area contributed by atoms with Gasteiger partial charge in [-0.2, -0.15) is 0 Å². The highest BCUT2D eigenvalue weighted by molar-refractivity contribution is 5.94. The largest absolute Gasteiger partial charge is 0.497 e. The number of aryl methyl sites for hydroxylation is 1. The fourth-order valence-corrected chi connectivity index (χ4v) is 4.90. The van der Waals surface area contributed by atoms with Crippen LogP contribution in [0.1, 0.15) is 44.6 Å². The van der Waals surface area contributed by atoms with E-state index in [1.54, 1.807) is 14.2 Å². The molecule has 1 aliphatic rings. The van der Waals surface area contributed by atoms with Crippen molar-refractivity contribution < 1.29 is 14.2 Å². The first-order valence-electron chi connectivity index (χ1n) is 12.3. The van der Waals surface area contributed by atoms with Crippen LogP contribution >= 0.6 is 0 Å². The van der Waals surface area contributed by atoms with Crippen molar-refractivity contribution in [2.75, 3.05) is 41.0 Å². The Balaban J connectivity index is 1.62. The number of fused-ring (bicyclic) bond motifs is 5. The average Bonchev–Trinajstić information content (AvgIpc) is 3.01. The highest BCUT2D eigenvalue weighted by Crippen LogP contribution is 2.43. The van der Waals surface area contributed by atoms with Gasteiger partial charge in [-0.05, 0) is 75.3 Å². The van der Waals surface area contributed by atoms with E-state index in [0.717, 1.165) is 42.2 Å². The Labute approximate surface area is 198 Å². The number of benzene rings is 2. The summed E-state index contributed by atoms with van der Waals surface area (Å²) in [5.74, 6) is 2.63. The Morgan fingerprint density at radius 2 is 1.70 bits per heavy atom. The van der Waals surface area contributed by atoms with Crippen molar-refractivity contribution in [3.05, 3.63) is 42.0 Å². The van der Waals surface area contributed by atoms with Gasteiger partial charge in [-0.1, -0.05) is 19.8 Å². The molecule has 3 aromatic rings. The van der Waals surface area contributed by atoms with Crippen molar-refractivity contribution in [3.63, 3.8) is 0 Å². The van der Waals surface area contributed by atoms with Gasteiger partial charge in [-0.25, -0.2) is 0 Å². The summed E-state index contributed by atoms with van der Waals surface area (Å²) in [4.78, 5) is 2.47. The molecule has 5 nitrogen and oxygen atoms in total. The number of hydrogen-bond acceptors (Lipinski definition) is 4. The van der Waals surface area contributed by atoms with Gasteiger partial charge in [-0.3, -0.25) is 0 Å². The molecule has 5 heteroatoms. The lowest BCUT2D eigenvalue weighted by molar-refractivity contribution is 0.318. The molecule has 0 saturated heterocycles. The molecule has 0 radical (unpaired) electrons. The van der Waals surface area contributed by atoms with Gasteiger partial charge in [0.25, 0.3) is 0 Å². The molecule has 4 rings (SSSR count). The van der Waals surface area contributed by atoms with Crippen LogP contribution in [0.4, 0.5) is 0 Å². The van der Waals surface area contributed by atoms with Gasteiger partial charge >= 0.3 is 0 Å². The number of nitrogens with zero attached hydrogens (tertiary/aromatic N) is 2. The first kappa shape index (κ1) is 23.5. The molecular weight excluding hydrogens is 412 g/mol. The van der Waals surface area contributed by atoms with Crippen molar-refractivity contribution in [2.24, 2.45) is 0 Å². The number of hydrogen-bond donors (Lipinski definition) is 0. The average molecular weight is 451 g/mol. The summed E-state index contributed by atoms with van der Waals surface area (Å²) in [6, 6.07) is 12.7. The molecule has 0 spiro atoms. The molecule has 33 heavy (non-hydrogen) atoms. The standard InChI is InChI=1S/C28H38N2O3/c1-5-6-15-29(2)16-8-7-9-17-30-26-13-11-21(31-3)19-25(26)23-14-18-33-27-20-22(32-4)10-12-24(27)28(23)30/h10-13,19-20H,5-9,14-18H2,1-4H3. The van der Waals surface area contributed by atoms with Gasteiger partial charge in [0.2, 0.25) is 0 Å². The third-order valence-electron chi connectivity index (χ3n) is 6.74. The minimum absolute atomic E-state index is 0.660. The smallest absolute Gasteiger partial charge is 0.132 e. The molecule has 0 amide bonds. The van der Waals surface area contributed by atoms with Gasteiger partial charge in [-0.15, -0.1) is 0 Å². The van der Waals surface area contributed by atoms with Crippen LogP contribution in [0.15, 0.2) is 36.4 Å². The highest BCUT2D eigenvalue weighted by atomic mass is 16.5. The summed E-state index contributed by atoms with van der Waals surface area (Å²) in [5.41, 5.74) is 5.07. The molecule has 2 heterocycles. The fourth-order valence-electron chi connectivity index (χ4n) is 4.90. The van der Waals surface area contributed by atoms with E-state index in [1.165, 1.54) is 60.9 Å². The second-order valence-corrected chi connectivity index (χ2v) is 9.04. The first-order chi connectivity index (χ1) is 16.2. The maximum atomic E-state index is 6.16. The number of aromatic nitrogens is 1. The Bertz CT molecular complexity index is 1070. The molecule has 178 valence electrons. The van der Waals surface area contributed by atoms with Crippen molar-refractivity contribution in [2.45, 2.75) is 52.0 Å². The number of methoxy groups -OCH3 is 2. The molecule has 0 bridgehead atoms. The van der Waals surface area contributed by atoms with E-state index in [0.29, 0.717) is 6.61 Å². The van der Waals surface area contributed by atoms with Crippen LogP contribution in [-0.2, 0) is 13.0 Å². The fraction of sp³-hybridized carbons (Fsp3) is 0.500. The van der Waals surface area contributed by atoms with E-state index in [-0.39, 0.29) is 0 Å². The third-order valence-corrected chi connectivity index (χ3v) is 6.74. The summed E-state index contributed by atoms with van der Waals surface area (Å²) in [6.45, 7) is 6.30. The van der Waals surface area contributed by atoms with Crippen molar-refractivity contribution >= 4 is 10.9 Å². The lowest BCUT2D eigenvalue weighted by atomic mass is 10.0. The molecule has 0 aliphatic carbocycles. The number of rotatable bonds is 11. The zero-order valence-corrected chi connectivity index (χ0v) is 20.7. The SMILES string of the molecule is CCCCN(C)CCCCCn1c2c(c3cc(OC)ccc31)CCOc1cc(OC)ccc1-2. The van der Waals surface area contributed by atoms with E-state index >= 15 is 0 Å². The lowest BCUT2D eigenvalue weighted by Crippen LogP contribution is -2.20. The van der Waals surface area contributed by atoms with Crippen LogP contribution in [0.5, 0.6) is 17.2 Å². The predicted octanol–water partition coefficient (Wildman–Crippen LogP) is 6.16. The van der Waals surface area contributed by atoms with Gasteiger partial charge in [0.05, 0.1) is 26.5 Å². The Kier molecular flexibility index (Phi) is 7.81. The molecule has 0 N–H and O–H groups in total. The Morgan fingerprint density at radius 1 is 0.939 bits per heavy atom. The van der Waals surface area contributed by atoms with E-state index in [9.17, 15) is 0 Å². The maximum absolute atomic E-state index is 6.16. The predicted molar refractivity (Wildman–Crippen MR) is 136 cm³/mol. The topological polar surface area (TPSA) is 35.9 Å². The van der Waals surface area contributed by atoms with Crippen molar-refractivity contribution in [3.8, 4) is 28.5 Å². The van der Waals surface area contributed by atoms with Gasteiger partial charge in [0.15, 0.2) is 0 Å². The molecule has 0 unspecified atom stereocenters. The van der Waals surface area contributed by atoms with Crippen LogP contribution in [0.2, 0.25) is 0 Å². The van der Waals surface area contributed by atoms with Crippen LogP contribution in [0.25, 0.3) is 22.2 Å². The van der Waals surface area contributed by atoms with Crippen LogP contribution in [0, 0.1) is 0 Å².